The summed E-state index contributed by atoms with van der Waals surface area (Å²) in [6.45, 7) is 1.93. The quantitative estimate of drug-likeness (QED) is 0.749. The minimum atomic E-state index is -0.113. The van der Waals surface area contributed by atoms with Crippen molar-refractivity contribution in [3.8, 4) is 5.75 Å². The Kier molecular flexibility index (Phi) is 3.83. The Balaban J connectivity index is 2.81. The molecular weight excluding hydrogens is 198 g/mol. The van der Waals surface area contributed by atoms with Crippen LogP contribution in [0, 0.1) is 6.92 Å². The van der Waals surface area contributed by atoms with Crippen LogP contribution >= 0.6 is 12.6 Å². The zero-order valence-electron chi connectivity index (χ0n) is 8.20. The number of ether oxygens (including phenoxy) is 1. The normalized spacial score (nSPS) is 9.64. The molecule has 1 N–H and O–H groups in total. The molecule has 0 aliphatic heterocycles. The molecule has 0 fully saturated rings. The molecule has 0 aliphatic rings. The average Bonchev–Trinajstić information content (AvgIpc) is 2.18. The number of anilines is 1. The molecule has 0 saturated heterocycles. The first-order valence-electron chi connectivity index (χ1n) is 4.22. The predicted octanol–water partition coefficient (Wildman–Crippen LogP) is 1.87. The van der Waals surface area contributed by atoms with E-state index in [4.69, 9.17) is 4.74 Å². The first kappa shape index (κ1) is 10.9. The number of hydrogen-bond donors (Lipinski definition) is 2. The molecule has 1 aromatic carbocycles. The molecule has 0 aromatic heterocycles. The lowest BCUT2D eigenvalue weighted by Gasteiger charge is -2.07. The van der Waals surface area contributed by atoms with Crippen LogP contribution in [0.4, 0.5) is 5.69 Å². The number of hydrogen-bond acceptors (Lipinski definition) is 3. The van der Waals surface area contributed by atoms with Gasteiger partial charge in [-0.2, -0.15) is 12.6 Å². The lowest BCUT2D eigenvalue weighted by Crippen LogP contribution is -2.12. The molecule has 0 aliphatic carbocycles. The molecular formula is C10H13NO2S. The first-order chi connectivity index (χ1) is 6.67. The van der Waals surface area contributed by atoms with Crippen molar-refractivity contribution >= 4 is 24.2 Å². The van der Waals surface area contributed by atoms with Gasteiger partial charge in [-0.05, 0) is 30.7 Å². The van der Waals surface area contributed by atoms with Crippen molar-refractivity contribution in [3.05, 3.63) is 23.8 Å². The van der Waals surface area contributed by atoms with Gasteiger partial charge >= 0.3 is 0 Å². The van der Waals surface area contributed by atoms with Crippen LogP contribution in [0.3, 0.4) is 0 Å². The fraction of sp³-hybridized carbons (Fsp3) is 0.300. The Labute approximate surface area is 88.9 Å². The van der Waals surface area contributed by atoms with Crippen molar-refractivity contribution < 1.29 is 9.53 Å². The van der Waals surface area contributed by atoms with Gasteiger partial charge in [-0.3, -0.25) is 4.79 Å². The minimum Gasteiger partial charge on any atom is -0.496 e. The van der Waals surface area contributed by atoms with Crippen LogP contribution in [-0.2, 0) is 4.79 Å². The zero-order valence-corrected chi connectivity index (χ0v) is 9.10. The largest absolute Gasteiger partial charge is 0.496 e. The average molecular weight is 211 g/mol. The van der Waals surface area contributed by atoms with Gasteiger partial charge in [0.2, 0.25) is 5.91 Å². The lowest BCUT2D eigenvalue weighted by atomic mass is 10.2. The molecule has 0 bridgehead atoms. The van der Waals surface area contributed by atoms with Gasteiger partial charge < -0.3 is 10.1 Å². The highest BCUT2D eigenvalue weighted by Gasteiger charge is 2.02. The Bertz CT molecular complexity index is 339. The maximum Gasteiger partial charge on any atom is 0.234 e. The third-order valence-corrected chi connectivity index (χ3v) is 2.11. The molecule has 4 heteroatoms. The maximum absolute atomic E-state index is 11.0. The second kappa shape index (κ2) is 4.91. The van der Waals surface area contributed by atoms with Gasteiger partial charge in [0.05, 0.1) is 12.9 Å². The van der Waals surface area contributed by atoms with E-state index in [1.807, 2.05) is 19.1 Å². The summed E-state index contributed by atoms with van der Waals surface area (Å²) in [5.41, 5.74) is 1.76. The summed E-state index contributed by atoms with van der Waals surface area (Å²) in [7, 11) is 1.62. The summed E-state index contributed by atoms with van der Waals surface area (Å²) in [5.74, 6) is 0.886. The molecule has 1 aromatic rings. The fourth-order valence-electron chi connectivity index (χ4n) is 1.16. The van der Waals surface area contributed by atoms with Gasteiger partial charge in [0.15, 0.2) is 0 Å². The van der Waals surface area contributed by atoms with E-state index in [0.29, 0.717) is 0 Å². The molecule has 1 amide bonds. The third-order valence-electron chi connectivity index (χ3n) is 1.82. The number of rotatable bonds is 3. The van der Waals surface area contributed by atoms with E-state index in [1.165, 1.54) is 0 Å². The van der Waals surface area contributed by atoms with Crippen LogP contribution in [0.1, 0.15) is 5.56 Å². The number of amides is 1. The van der Waals surface area contributed by atoms with Gasteiger partial charge in [-0.25, -0.2) is 0 Å². The van der Waals surface area contributed by atoms with Gasteiger partial charge in [0.25, 0.3) is 0 Å². The van der Waals surface area contributed by atoms with Crippen molar-refractivity contribution in [1.82, 2.24) is 0 Å². The van der Waals surface area contributed by atoms with Crippen molar-refractivity contribution in [1.29, 1.82) is 0 Å². The third kappa shape index (κ3) is 2.67. The van der Waals surface area contributed by atoms with Crippen LogP contribution in [0.2, 0.25) is 0 Å². The second-order valence-electron chi connectivity index (χ2n) is 2.89. The number of carbonyl (C=O) groups excluding carboxylic acids is 1. The van der Waals surface area contributed by atoms with Crippen LogP contribution in [0.15, 0.2) is 18.2 Å². The van der Waals surface area contributed by atoms with E-state index in [-0.39, 0.29) is 11.7 Å². The van der Waals surface area contributed by atoms with Crippen LogP contribution < -0.4 is 10.1 Å². The fourth-order valence-corrected chi connectivity index (χ4v) is 1.24. The molecule has 0 heterocycles. The first-order valence-corrected chi connectivity index (χ1v) is 4.86. The van der Waals surface area contributed by atoms with Crippen molar-refractivity contribution in [2.75, 3.05) is 18.2 Å². The van der Waals surface area contributed by atoms with E-state index in [1.54, 1.807) is 13.2 Å². The van der Waals surface area contributed by atoms with E-state index in [2.05, 4.69) is 17.9 Å². The highest BCUT2D eigenvalue weighted by molar-refractivity contribution is 7.81. The Morgan fingerprint density at radius 2 is 2.29 bits per heavy atom. The predicted molar refractivity (Wildman–Crippen MR) is 60.2 cm³/mol. The van der Waals surface area contributed by atoms with Gasteiger partial charge in [0.1, 0.15) is 5.75 Å². The van der Waals surface area contributed by atoms with Crippen LogP contribution in [0.25, 0.3) is 0 Å². The highest BCUT2D eigenvalue weighted by atomic mass is 32.1. The van der Waals surface area contributed by atoms with Crippen LogP contribution in [0.5, 0.6) is 5.75 Å². The van der Waals surface area contributed by atoms with Gasteiger partial charge in [-0.1, -0.05) is 0 Å². The molecule has 0 atom stereocenters. The zero-order chi connectivity index (χ0) is 10.6. The Hall–Kier alpha value is -1.16. The molecule has 1 rings (SSSR count). The molecule has 0 spiro atoms. The molecule has 0 radical (unpaired) electrons. The SMILES string of the molecule is COc1ccc(NC(=O)CS)cc1C. The van der Waals surface area contributed by atoms with Crippen molar-refractivity contribution in [2.45, 2.75) is 6.92 Å². The van der Waals surface area contributed by atoms with Crippen LogP contribution in [-0.4, -0.2) is 18.8 Å². The summed E-state index contributed by atoms with van der Waals surface area (Å²) in [6.07, 6.45) is 0. The minimum absolute atomic E-state index is 0.113. The number of carbonyl (C=O) groups is 1. The van der Waals surface area contributed by atoms with Gasteiger partial charge in [-0.15, -0.1) is 0 Å². The van der Waals surface area contributed by atoms with Crippen molar-refractivity contribution in [3.63, 3.8) is 0 Å². The summed E-state index contributed by atoms with van der Waals surface area (Å²) in [6, 6.07) is 5.48. The standard InChI is InChI=1S/C10H13NO2S/c1-7-5-8(11-10(12)6-14)3-4-9(7)13-2/h3-5,14H,6H2,1-2H3,(H,11,12). The summed E-state index contributed by atoms with van der Waals surface area (Å²) < 4.78 is 5.10. The Morgan fingerprint density at radius 1 is 1.57 bits per heavy atom. The molecule has 14 heavy (non-hydrogen) atoms. The number of nitrogens with one attached hydrogen (secondary N) is 1. The molecule has 76 valence electrons. The summed E-state index contributed by atoms with van der Waals surface area (Å²) >= 11 is 3.87. The van der Waals surface area contributed by atoms with E-state index in [0.717, 1.165) is 17.0 Å². The van der Waals surface area contributed by atoms with E-state index >= 15 is 0 Å². The summed E-state index contributed by atoms with van der Waals surface area (Å²) in [5, 5.41) is 2.71. The molecule has 0 unspecified atom stereocenters. The number of thiol groups is 1. The Morgan fingerprint density at radius 3 is 2.79 bits per heavy atom. The molecule has 0 saturated carbocycles. The second-order valence-corrected chi connectivity index (χ2v) is 3.21. The highest BCUT2D eigenvalue weighted by Crippen LogP contribution is 2.21. The topological polar surface area (TPSA) is 38.3 Å². The maximum atomic E-state index is 11.0. The van der Waals surface area contributed by atoms with Crippen molar-refractivity contribution in [2.24, 2.45) is 0 Å². The summed E-state index contributed by atoms with van der Waals surface area (Å²) in [4.78, 5) is 11.0. The number of aryl methyl sites for hydroxylation is 1. The smallest absolute Gasteiger partial charge is 0.234 e. The number of benzene rings is 1. The van der Waals surface area contributed by atoms with E-state index < -0.39 is 0 Å². The molecule has 3 nitrogen and oxygen atoms in total. The van der Waals surface area contributed by atoms with Gasteiger partial charge in [0, 0.05) is 5.69 Å². The van der Waals surface area contributed by atoms with E-state index in [9.17, 15) is 4.79 Å². The lowest BCUT2D eigenvalue weighted by molar-refractivity contribution is -0.113. The monoisotopic (exact) mass is 211 g/mol. The number of methoxy groups -OCH3 is 1.